The Kier molecular flexibility index (Phi) is 3.44. The number of nitrogens with one attached hydrogen (secondary N) is 1. The predicted octanol–water partition coefficient (Wildman–Crippen LogP) is 2.23. The molecule has 2 rings (SSSR count). The van der Waals surface area contributed by atoms with Gasteiger partial charge in [0.05, 0.1) is 11.7 Å². The Balaban J connectivity index is 2.39. The van der Waals surface area contributed by atoms with Crippen LogP contribution in [0.1, 0.15) is 22.9 Å². The quantitative estimate of drug-likeness (QED) is 0.880. The van der Waals surface area contributed by atoms with Gasteiger partial charge in [-0.15, -0.1) is 0 Å². The molecule has 0 aliphatic rings. The van der Waals surface area contributed by atoms with Gasteiger partial charge in [0.2, 0.25) is 0 Å². The van der Waals surface area contributed by atoms with Gasteiger partial charge >= 0.3 is 0 Å². The first-order valence-electron chi connectivity index (χ1n) is 5.41. The second-order valence-corrected chi connectivity index (χ2v) is 3.86. The van der Waals surface area contributed by atoms with Crippen LogP contribution in [0.4, 0.5) is 4.39 Å². The number of rotatable bonds is 3. The molecule has 4 heteroatoms. The van der Waals surface area contributed by atoms with E-state index >= 15 is 0 Å². The fraction of sp³-hybridized carbons (Fsp3) is 0.231. The van der Waals surface area contributed by atoms with Crippen LogP contribution in [0.5, 0.6) is 0 Å². The van der Waals surface area contributed by atoms with E-state index in [4.69, 9.17) is 0 Å². The highest BCUT2D eigenvalue weighted by molar-refractivity contribution is 5.31. The van der Waals surface area contributed by atoms with Crippen LogP contribution in [-0.4, -0.2) is 17.0 Å². The Labute approximate surface area is 99.7 Å². The molecule has 1 heterocycles. The molecule has 0 spiro atoms. The number of nitrogens with zero attached hydrogens (tertiary/aromatic N) is 2. The maximum atomic E-state index is 13.2. The van der Waals surface area contributed by atoms with Crippen molar-refractivity contribution in [2.24, 2.45) is 0 Å². The first-order valence-corrected chi connectivity index (χ1v) is 5.41. The molecule has 3 nitrogen and oxygen atoms in total. The van der Waals surface area contributed by atoms with Crippen LogP contribution in [0.3, 0.4) is 0 Å². The van der Waals surface area contributed by atoms with Gasteiger partial charge in [-0.3, -0.25) is 0 Å². The molecular weight excluding hydrogens is 217 g/mol. The summed E-state index contributed by atoms with van der Waals surface area (Å²) < 4.78 is 13.2. The summed E-state index contributed by atoms with van der Waals surface area (Å²) in [5.74, 6) is -0.189. The lowest BCUT2D eigenvalue weighted by atomic mass is 10.0. The molecular formula is C13H14FN3. The normalized spacial score (nSPS) is 12.4. The van der Waals surface area contributed by atoms with E-state index in [1.807, 2.05) is 19.2 Å². The molecule has 0 saturated carbocycles. The van der Waals surface area contributed by atoms with Crippen LogP contribution >= 0.6 is 0 Å². The van der Waals surface area contributed by atoms with E-state index in [1.54, 1.807) is 19.2 Å². The molecule has 1 atom stereocenters. The van der Waals surface area contributed by atoms with Gasteiger partial charge in [-0.2, -0.15) is 0 Å². The fourth-order valence-corrected chi connectivity index (χ4v) is 1.80. The van der Waals surface area contributed by atoms with Crippen molar-refractivity contribution in [3.8, 4) is 0 Å². The average molecular weight is 231 g/mol. The van der Waals surface area contributed by atoms with Gasteiger partial charge < -0.3 is 5.32 Å². The van der Waals surface area contributed by atoms with Gasteiger partial charge in [0, 0.05) is 6.20 Å². The smallest absolute Gasteiger partial charge is 0.126 e. The van der Waals surface area contributed by atoms with Crippen molar-refractivity contribution >= 4 is 0 Å². The lowest BCUT2D eigenvalue weighted by Crippen LogP contribution is -2.19. The molecule has 17 heavy (non-hydrogen) atoms. The second kappa shape index (κ2) is 5.01. The van der Waals surface area contributed by atoms with Crippen LogP contribution in [0.25, 0.3) is 0 Å². The van der Waals surface area contributed by atoms with Crippen molar-refractivity contribution in [2.45, 2.75) is 13.0 Å². The largest absolute Gasteiger partial charge is 0.308 e. The summed E-state index contributed by atoms with van der Waals surface area (Å²) in [5.41, 5.74) is 2.50. The Bertz CT molecular complexity index is 499. The minimum atomic E-state index is -0.189. The summed E-state index contributed by atoms with van der Waals surface area (Å²) in [7, 11) is 1.85. The van der Waals surface area contributed by atoms with Crippen LogP contribution in [0.2, 0.25) is 0 Å². The third kappa shape index (κ3) is 2.47. The first kappa shape index (κ1) is 11.7. The van der Waals surface area contributed by atoms with E-state index in [1.165, 1.54) is 12.4 Å². The third-order valence-corrected chi connectivity index (χ3v) is 2.70. The molecule has 0 saturated heterocycles. The third-order valence-electron chi connectivity index (χ3n) is 2.70. The number of aromatic nitrogens is 2. The Hall–Kier alpha value is -1.81. The van der Waals surface area contributed by atoms with Crippen molar-refractivity contribution in [1.82, 2.24) is 15.3 Å². The zero-order valence-electron chi connectivity index (χ0n) is 9.81. The SMILES string of the molecule is CNC(c1ccc(F)c(C)c1)c1ccncn1. The van der Waals surface area contributed by atoms with Crippen molar-refractivity contribution in [2.75, 3.05) is 7.05 Å². The topological polar surface area (TPSA) is 37.8 Å². The maximum Gasteiger partial charge on any atom is 0.126 e. The van der Waals surface area contributed by atoms with Gasteiger partial charge in [-0.1, -0.05) is 12.1 Å². The molecule has 0 amide bonds. The zero-order chi connectivity index (χ0) is 12.3. The van der Waals surface area contributed by atoms with Gasteiger partial charge in [0.1, 0.15) is 12.1 Å². The van der Waals surface area contributed by atoms with Crippen molar-refractivity contribution in [1.29, 1.82) is 0 Å². The van der Waals surface area contributed by atoms with Crippen molar-refractivity contribution < 1.29 is 4.39 Å². The Morgan fingerprint density at radius 2 is 2.12 bits per heavy atom. The van der Waals surface area contributed by atoms with Crippen molar-refractivity contribution in [3.63, 3.8) is 0 Å². The van der Waals surface area contributed by atoms with E-state index < -0.39 is 0 Å². The summed E-state index contributed by atoms with van der Waals surface area (Å²) >= 11 is 0. The van der Waals surface area contributed by atoms with E-state index in [0.717, 1.165) is 11.3 Å². The number of hydrogen-bond acceptors (Lipinski definition) is 3. The van der Waals surface area contributed by atoms with E-state index in [0.29, 0.717) is 5.56 Å². The van der Waals surface area contributed by atoms with Gasteiger partial charge in [-0.25, -0.2) is 14.4 Å². The molecule has 0 fully saturated rings. The molecule has 1 aromatic heterocycles. The summed E-state index contributed by atoms with van der Waals surface area (Å²) in [4.78, 5) is 8.10. The fourth-order valence-electron chi connectivity index (χ4n) is 1.80. The van der Waals surface area contributed by atoms with E-state index in [2.05, 4.69) is 15.3 Å². The van der Waals surface area contributed by atoms with Gasteiger partial charge in [-0.05, 0) is 37.2 Å². The van der Waals surface area contributed by atoms with Crippen LogP contribution in [0, 0.1) is 12.7 Å². The second-order valence-electron chi connectivity index (χ2n) is 3.86. The molecule has 0 bridgehead atoms. The highest BCUT2D eigenvalue weighted by Crippen LogP contribution is 2.21. The van der Waals surface area contributed by atoms with Crippen LogP contribution < -0.4 is 5.32 Å². The summed E-state index contributed by atoms with van der Waals surface area (Å²) in [6, 6.07) is 6.89. The average Bonchev–Trinajstić information content (AvgIpc) is 2.36. The summed E-state index contributed by atoms with van der Waals surface area (Å²) in [6.07, 6.45) is 3.21. The van der Waals surface area contributed by atoms with Crippen LogP contribution in [-0.2, 0) is 0 Å². The van der Waals surface area contributed by atoms with E-state index in [9.17, 15) is 4.39 Å². The lowest BCUT2D eigenvalue weighted by molar-refractivity contribution is 0.612. The number of benzene rings is 1. The van der Waals surface area contributed by atoms with Crippen LogP contribution in [0.15, 0.2) is 36.8 Å². The number of halogens is 1. The number of hydrogen-bond donors (Lipinski definition) is 1. The minimum absolute atomic E-state index is 0.0442. The van der Waals surface area contributed by atoms with Gasteiger partial charge in [0.15, 0.2) is 0 Å². The molecule has 1 unspecified atom stereocenters. The predicted molar refractivity (Wildman–Crippen MR) is 64.1 cm³/mol. The number of aryl methyl sites for hydroxylation is 1. The molecule has 0 radical (unpaired) electrons. The summed E-state index contributed by atoms with van der Waals surface area (Å²) in [5, 5.41) is 3.17. The highest BCUT2D eigenvalue weighted by Gasteiger charge is 2.13. The standard InChI is InChI=1S/C13H14FN3/c1-9-7-10(3-4-11(9)14)13(15-2)12-5-6-16-8-17-12/h3-8,13,15H,1-2H3. The lowest BCUT2D eigenvalue weighted by Gasteiger charge is -2.16. The molecule has 1 N–H and O–H groups in total. The zero-order valence-corrected chi connectivity index (χ0v) is 9.81. The molecule has 2 aromatic rings. The molecule has 0 aliphatic carbocycles. The maximum absolute atomic E-state index is 13.2. The van der Waals surface area contributed by atoms with E-state index in [-0.39, 0.29) is 11.9 Å². The van der Waals surface area contributed by atoms with Crippen molar-refractivity contribution in [3.05, 3.63) is 59.4 Å². The minimum Gasteiger partial charge on any atom is -0.308 e. The summed E-state index contributed by atoms with van der Waals surface area (Å²) in [6.45, 7) is 1.76. The highest BCUT2D eigenvalue weighted by atomic mass is 19.1. The molecule has 1 aromatic carbocycles. The monoisotopic (exact) mass is 231 g/mol. The first-order chi connectivity index (χ1) is 8.22. The molecule has 0 aliphatic heterocycles. The Morgan fingerprint density at radius 3 is 2.71 bits per heavy atom. The van der Waals surface area contributed by atoms with Gasteiger partial charge in [0.25, 0.3) is 0 Å². The Morgan fingerprint density at radius 1 is 1.29 bits per heavy atom. The molecule has 88 valence electrons.